The standard InChI is InChI=1S/C21H21N5O4S/c27-19(15-5-6-15)23-21-22-18-17(2-1-9-26(18)24-21)14-3-7-16(8-4-14)20(28)25-10-12-31(29,30)13-11-25/h1-4,7-9,15H,5-6,10-13H2,(H,23,24,27). The van der Waals surface area contributed by atoms with Crippen LogP contribution in [-0.2, 0) is 14.6 Å². The number of hydrogen-bond acceptors (Lipinski definition) is 6. The number of nitrogens with one attached hydrogen (secondary N) is 1. The van der Waals surface area contributed by atoms with Crippen molar-refractivity contribution in [2.75, 3.05) is 29.9 Å². The number of rotatable bonds is 4. The quantitative estimate of drug-likeness (QED) is 0.661. The smallest absolute Gasteiger partial charge is 0.253 e. The van der Waals surface area contributed by atoms with Gasteiger partial charge < -0.3 is 4.90 Å². The SMILES string of the molecule is O=C(Nc1nc2c(-c3ccc(C(=O)N4CCS(=O)(=O)CC4)cc3)cccn2n1)C1CC1. The Labute approximate surface area is 179 Å². The van der Waals surface area contributed by atoms with E-state index >= 15 is 0 Å². The molecule has 0 bridgehead atoms. The van der Waals surface area contributed by atoms with Crippen LogP contribution in [0.5, 0.6) is 0 Å². The minimum Gasteiger partial charge on any atom is -0.337 e. The lowest BCUT2D eigenvalue weighted by atomic mass is 10.0. The van der Waals surface area contributed by atoms with Crippen LogP contribution in [0.1, 0.15) is 23.2 Å². The van der Waals surface area contributed by atoms with Crippen LogP contribution in [0.2, 0.25) is 0 Å². The molecule has 2 aromatic heterocycles. The number of carbonyl (C=O) groups is 2. The van der Waals surface area contributed by atoms with E-state index in [1.807, 2.05) is 24.3 Å². The van der Waals surface area contributed by atoms with Crippen LogP contribution >= 0.6 is 0 Å². The van der Waals surface area contributed by atoms with Crippen LogP contribution in [0.25, 0.3) is 16.8 Å². The summed E-state index contributed by atoms with van der Waals surface area (Å²) in [5.41, 5.74) is 2.79. The number of fused-ring (bicyclic) bond motifs is 1. The van der Waals surface area contributed by atoms with Crippen molar-refractivity contribution in [3.63, 3.8) is 0 Å². The van der Waals surface area contributed by atoms with Crippen LogP contribution in [0.3, 0.4) is 0 Å². The largest absolute Gasteiger partial charge is 0.337 e. The molecule has 3 aromatic rings. The highest BCUT2D eigenvalue weighted by atomic mass is 32.2. The van der Waals surface area contributed by atoms with Crippen molar-refractivity contribution in [2.45, 2.75) is 12.8 Å². The highest BCUT2D eigenvalue weighted by molar-refractivity contribution is 7.91. The first-order valence-electron chi connectivity index (χ1n) is 10.2. The summed E-state index contributed by atoms with van der Waals surface area (Å²) in [5.74, 6) is 0.127. The van der Waals surface area contributed by atoms with E-state index in [-0.39, 0.29) is 48.3 Å². The number of anilines is 1. The van der Waals surface area contributed by atoms with Gasteiger partial charge in [0.25, 0.3) is 5.91 Å². The molecule has 0 spiro atoms. The lowest BCUT2D eigenvalue weighted by Gasteiger charge is -2.26. The first-order chi connectivity index (χ1) is 14.9. The lowest BCUT2D eigenvalue weighted by molar-refractivity contribution is -0.117. The average molecular weight is 439 g/mol. The summed E-state index contributed by atoms with van der Waals surface area (Å²) in [4.78, 5) is 30.8. The van der Waals surface area contributed by atoms with Gasteiger partial charge in [-0.2, -0.15) is 4.98 Å². The Morgan fingerprint density at radius 3 is 2.42 bits per heavy atom. The molecule has 1 N–H and O–H groups in total. The van der Waals surface area contributed by atoms with Gasteiger partial charge in [-0.25, -0.2) is 12.9 Å². The number of aromatic nitrogens is 3. The molecule has 1 saturated heterocycles. The summed E-state index contributed by atoms with van der Waals surface area (Å²) in [7, 11) is -3.04. The maximum Gasteiger partial charge on any atom is 0.253 e. The maximum absolute atomic E-state index is 12.7. The molecule has 5 rings (SSSR count). The first-order valence-corrected chi connectivity index (χ1v) is 12.0. The topological polar surface area (TPSA) is 114 Å². The Bertz CT molecular complexity index is 1260. The summed E-state index contributed by atoms with van der Waals surface area (Å²) >= 11 is 0. The molecule has 2 amide bonds. The second-order valence-corrected chi connectivity index (χ2v) is 10.2. The van der Waals surface area contributed by atoms with E-state index in [0.717, 1.165) is 24.0 Å². The van der Waals surface area contributed by atoms with Gasteiger partial charge in [-0.3, -0.25) is 14.9 Å². The molecule has 3 heterocycles. The number of benzene rings is 1. The molecular formula is C21H21N5O4S. The molecule has 1 aromatic carbocycles. The van der Waals surface area contributed by atoms with E-state index in [9.17, 15) is 18.0 Å². The number of amides is 2. The fourth-order valence-corrected chi connectivity index (χ4v) is 4.83. The van der Waals surface area contributed by atoms with Gasteiger partial charge in [0.15, 0.2) is 15.5 Å². The van der Waals surface area contributed by atoms with Gasteiger partial charge in [-0.15, -0.1) is 5.10 Å². The van der Waals surface area contributed by atoms with E-state index in [1.54, 1.807) is 27.7 Å². The molecule has 0 atom stereocenters. The van der Waals surface area contributed by atoms with Crippen molar-refractivity contribution in [3.05, 3.63) is 48.2 Å². The van der Waals surface area contributed by atoms with Crippen LogP contribution in [0.15, 0.2) is 42.6 Å². The van der Waals surface area contributed by atoms with Crippen molar-refractivity contribution >= 4 is 33.2 Å². The summed E-state index contributed by atoms with van der Waals surface area (Å²) in [6.07, 6.45) is 3.58. The molecule has 9 nitrogen and oxygen atoms in total. The monoisotopic (exact) mass is 439 g/mol. The van der Waals surface area contributed by atoms with Crippen molar-refractivity contribution in [2.24, 2.45) is 5.92 Å². The van der Waals surface area contributed by atoms with E-state index < -0.39 is 9.84 Å². The minimum atomic E-state index is -3.04. The number of carbonyl (C=O) groups excluding carboxylic acids is 2. The normalized spacial score (nSPS) is 18.1. The maximum atomic E-state index is 12.7. The van der Waals surface area contributed by atoms with Crippen molar-refractivity contribution in [3.8, 4) is 11.1 Å². The molecule has 10 heteroatoms. The zero-order chi connectivity index (χ0) is 21.6. The highest BCUT2D eigenvalue weighted by Gasteiger charge is 2.30. The van der Waals surface area contributed by atoms with Crippen LogP contribution in [0, 0.1) is 5.92 Å². The molecule has 0 radical (unpaired) electrons. The van der Waals surface area contributed by atoms with Gasteiger partial charge in [0, 0.05) is 36.3 Å². The van der Waals surface area contributed by atoms with Crippen molar-refractivity contribution in [1.29, 1.82) is 0 Å². The average Bonchev–Trinajstić information content (AvgIpc) is 3.53. The fraction of sp³-hybridized carbons (Fsp3) is 0.333. The Morgan fingerprint density at radius 1 is 1.03 bits per heavy atom. The minimum absolute atomic E-state index is 0.00528. The molecule has 1 aliphatic carbocycles. The van der Waals surface area contributed by atoms with Gasteiger partial charge >= 0.3 is 0 Å². The molecule has 2 aliphatic rings. The Kier molecular flexibility index (Phi) is 4.73. The van der Waals surface area contributed by atoms with Gasteiger partial charge in [-0.1, -0.05) is 12.1 Å². The van der Waals surface area contributed by atoms with Gasteiger partial charge in [0.05, 0.1) is 11.5 Å². The highest BCUT2D eigenvalue weighted by Crippen LogP contribution is 2.30. The second kappa shape index (κ2) is 7.45. The zero-order valence-electron chi connectivity index (χ0n) is 16.7. The number of nitrogens with zero attached hydrogens (tertiary/aromatic N) is 4. The zero-order valence-corrected chi connectivity index (χ0v) is 17.5. The third-order valence-electron chi connectivity index (χ3n) is 5.62. The summed E-state index contributed by atoms with van der Waals surface area (Å²) in [6, 6.07) is 10.9. The van der Waals surface area contributed by atoms with Crippen LogP contribution in [-0.4, -0.2) is 64.3 Å². The summed E-state index contributed by atoms with van der Waals surface area (Å²) in [5, 5.41) is 7.09. The van der Waals surface area contributed by atoms with Crippen LogP contribution in [0.4, 0.5) is 5.95 Å². The van der Waals surface area contributed by atoms with E-state index in [4.69, 9.17) is 0 Å². The van der Waals surface area contributed by atoms with Crippen molar-refractivity contribution < 1.29 is 18.0 Å². The Morgan fingerprint density at radius 2 is 1.74 bits per heavy atom. The fourth-order valence-electron chi connectivity index (χ4n) is 3.63. The van der Waals surface area contributed by atoms with E-state index in [2.05, 4.69) is 15.4 Å². The third kappa shape index (κ3) is 4.02. The van der Waals surface area contributed by atoms with Crippen molar-refractivity contribution in [1.82, 2.24) is 19.5 Å². The predicted octanol–water partition coefficient (Wildman–Crippen LogP) is 1.62. The molecule has 0 unspecified atom stereocenters. The number of hydrogen-bond donors (Lipinski definition) is 1. The second-order valence-electron chi connectivity index (χ2n) is 7.91. The molecule has 2 fully saturated rings. The third-order valence-corrected chi connectivity index (χ3v) is 7.23. The van der Waals surface area contributed by atoms with Crippen LogP contribution < -0.4 is 5.32 Å². The lowest BCUT2D eigenvalue weighted by Crippen LogP contribution is -2.43. The molecule has 1 saturated carbocycles. The van der Waals surface area contributed by atoms with Gasteiger partial charge in [-0.05, 0) is 42.7 Å². The molecule has 1 aliphatic heterocycles. The first kappa shape index (κ1) is 19.7. The van der Waals surface area contributed by atoms with E-state index in [1.165, 1.54) is 0 Å². The van der Waals surface area contributed by atoms with Gasteiger partial charge in [0.1, 0.15) is 0 Å². The molecule has 160 valence electrons. The number of pyridine rings is 1. The van der Waals surface area contributed by atoms with Gasteiger partial charge in [0.2, 0.25) is 11.9 Å². The summed E-state index contributed by atoms with van der Waals surface area (Å²) in [6.45, 7) is 0.439. The Balaban J connectivity index is 1.37. The Hall–Kier alpha value is -3.27. The molecule has 31 heavy (non-hydrogen) atoms. The predicted molar refractivity (Wildman–Crippen MR) is 114 cm³/mol. The van der Waals surface area contributed by atoms with E-state index in [0.29, 0.717) is 11.2 Å². The molecular weight excluding hydrogens is 418 g/mol. The number of sulfone groups is 1. The summed E-state index contributed by atoms with van der Waals surface area (Å²) < 4.78 is 24.8.